The fraction of sp³-hybridized carbons (Fsp3) is 0.625. The summed E-state index contributed by atoms with van der Waals surface area (Å²) in [5, 5.41) is 6.33. The number of carbonyl (C=O) groups excluding carboxylic acids is 1. The molecule has 1 amide bonds. The van der Waals surface area contributed by atoms with Gasteiger partial charge in [0.05, 0.1) is 11.1 Å². The van der Waals surface area contributed by atoms with Crippen molar-refractivity contribution in [2.75, 3.05) is 18.4 Å². The summed E-state index contributed by atoms with van der Waals surface area (Å²) in [4.78, 5) is 24.3. The second-order valence-electron chi connectivity index (χ2n) is 5.78. The quantitative estimate of drug-likeness (QED) is 0.872. The van der Waals surface area contributed by atoms with Crippen molar-refractivity contribution < 1.29 is 4.79 Å². The Morgan fingerprint density at radius 1 is 1.33 bits per heavy atom. The Kier molecular flexibility index (Phi) is 5.17. The predicted octanol–water partition coefficient (Wildman–Crippen LogP) is 1.98. The van der Waals surface area contributed by atoms with Gasteiger partial charge in [0.1, 0.15) is 0 Å². The van der Waals surface area contributed by atoms with Crippen LogP contribution in [0.15, 0.2) is 23.1 Å². The fourth-order valence-corrected chi connectivity index (χ4v) is 3.09. The van der Waals surface area contributed by atoms with Crippen LogP contribution in [0, 0.1) is 5.41 Å². The molecule has 0 radical (unpaired) electrons. The lowest BCUT2D eigenvalue weighted by Gasteiger charge is -2.36. The first-order valence-corrected chi connectivity index (χ1v) is 7.84. The van der Waals surface area contributed by atoms with Gasteiger partial charge in [-0.25, -0.2) is 0 Å². The van der Waals surface area contributed by atoms with E-state index in [0.29, 0.717) is 12.2 Å². The van der Waals surface area contributed by atoms with Crippen molar-refractivity contribution in [3.63, 3.8) is 0 Å². The van der Waals surface area contributed by atoms with Gasteiger partial charge in [0.25, 0.3) is 5.56 Å². The number of piperidine rings is 1. The minimum Gasteiger partial charge on any atom is -0.324 e. The highest BCUT2D eigenvalue weighted by molar-refractivity contribution is 5.95. The molecule has 1 saturated heterocycles. The second-order valence-corrected chi connectivity index (χ2v) is 5.78. The van der Waals surface area contributed by atoms with Gasteiger partial charge in [-0.05, 0) is 45.3 Å². The molecule has 0 aromatic carbocycles. The van der Waals surface area contributed by atoms with Gasteiger partial charge in [-0.15, -0.1) is 0 Å². The SMILES string of the molecule is CCCC1(C(=O)Nc2ccc(=O)n(CC)c2)CCNCC1. The molecule has 1 fully saturated rings. The molecule has 5 heteroatoms. The minimum absolute atomic E-state index is 0.0411. The molecule has 1 aliphatic rings. The summed E-state index contributed by atoms with van der Waals surface area (Å²) >= 11 is 0. The van der Waals surface area contributed by atoms with E-state index in [2.05, 4.69) is 17.6 Å². The van der Waals surface area contributed by atoms with Gasteiger partial charge in [-0.3, -0.25) is 9.59 Å². The number of amides is 1. The van der Waals surface area contributed by atoms with Crippen LogP contribution in [0.5, 0.6) is 0 Å². The third-order valence-electron chi connectivity index (χ3n) is 4.35. The van der Waals surface area contributed by atoms with Crippen LogP contribution in [0.2, 0.25) is 0 Å². The number of pyridine rings is 1. The van der Waals surface area contributed by atoms with Crippen LogP contribution >= 0.6 is 0 Å². The van der Waals surface area contributed by atoms with E-state index >= 15 is 0 Å². The van der Waals surface area contributed by atoms with E-state index in [1.165, 1.54) is 6.07 Å². The summed E-state index contributed by atoms with van der Waals surface area (Å²) < 4.78 is 1.60. The molecule has 2 heterocycles. The highest BCUT2D eigenvalue weighted by atomic mass is 16.2. The van der Waals surface area contributed by atoms with Crippen LogP contribution in [-0.4, -0.2) is 23.6 Å². The molecule has 1 aliphatic heterocycles. The van der Waals surface area contributed by atoms with Crippen molar-refractivity contribution in [3.05, 3.63) is 28.7 Å². The van der Waals surface area contributed by atoms with Gasteiger partial charge < -0.3 is 15.2 Å². The van der Waals surface area contributed by atoms with Crippen molar-refractivity contribution in [1.82, 2.24) is 9.88 Å². The molecular weight excluding hydrogens is 266 g/mol. The topological polar surface area (TPSA) is 63.1 Å². The highest BCUT2D eigenvalue weighted by Crippen LogP contribution is 2.35. The average Bonchev–Trinajstić information content (AvgIpc) is 2.50. The van der Waals surface area contributed by atoms with Gasteiger partial charge in [0.2, 0.25) is 5.91 Å². The average molecular weight is 291 g/mol. The molecule has 0 atom stereocenters. The van der Waals surface area contributed by atoms with E-state index in [0.717, 1.165) is 38.8 Å². The van der Waals surface area contributed by atoms with Gasteiger partial charge in [0, 0.05) is 18.8 Å². The zero-order valence-electron chi connectivity index (χ0n) is 12.9. The van der Waals surface area contributed by atoms with E-state index in [9.17, 15) is 9.59 Å². The largest absolute Gasteiger partial charge is 0.324 e. The molecule has 21 heavy (non-hydrogen) atoms. The lowest BCUT2D eigenvalue weighted by Crippen LogP contribution is -2.45. The second kappa shape index (κ2) is 6.89. The van der Waals surface area contributed by atoms with Gasteiger partial charge >= 0.3 is 0 Å². The van der Waals surface area contributed by atoms with E-state index in [4.69, 9.17) is 0 Å². The zero-order valence-corrected chi connectivity index (χ0v) is 12.9. The number of rotatable bonds is 5. The lowest BCUT2D eigenvalue weighted by molar-refractivity contribution is -0.127. The number of aryl methyl sites for hydroxylation is 1. The third kappa shape index (κ3) is 3.53. The summed E-state index contributed by atoms with van der Waals surface area (Å²) in [5.41, 5.74) is 0.392. The number of aromatic nitrogens is 1. The van der Waals surface area contributed by atoms with Crippen molar-refractivity contribution in [2.24, 2.45) is 5.41 Å². The van der Waals surface area contributed by atoms with Gasteiger partial charge in [-0.1, -0.05) is 13.3 Å². The third-order valence-corrected chi connectivity index (χ3v) is 4.35. The Bertz CT molecular complexity index is 539. The first-order valence-electron chi connectivity index (χ1n) is 7.84. The normalized spacial score (nSPS) is 17.4. The van der Waals surface area contributed by atoms with Crippen LogP contribution in [0.3, 0.4) is 0 Å². The number of anilines is 1. The molecule has 1 aromatic heterocycles. The van der Waals surface area contributed by atoms with E-state index in [-0.39, 0.29) is 16.9 Å². The van der Waals surface area contributed by atoms with Gasteiger partial charge in [0.15, 0.2) is 0 Å². The Labute approximate surface area is 125 Å². The van der Waals surface area contributed by atoms with Crippen molar-refractivity contribution in [1.29, 1.82) is 0 Å². The van der Waals surface area contributed by atoms with Crippen molar-refractivity contribution in [3.8, 4) is 0 Å². The summed E-state index contributed by atoms with van der Waals surface area (Å²) in [7, 11) is 0. The molecule has 0 aliphatic carbocycles. The Hall–Kier alpha value is -1.62. The standard InChI is InChI=1S/C16H25N3O2/c1-3-7-16(8-10-17-11-9-16)15(21)18-13-5-6-14(20)19(4-2)12-13/h5-6,12,17H,3-4,7-11H2,1-2H3,(H,18,21). The number of hydrogen-bond donors (Lipinski definition) is 2. The Balaban J connectivity index is 2.16. The molecule has 0 saturated carbocycles. The molecular formula is C16H25N3O2. The first kappa shape index (κ1) is 15.8. The maximum Gasteiger partial charge on any atom is 0.250 e. The van der Waals surface area contributed by atoms with Crippen LogP contribution in [0.4, 0.5) is 5.69 Å². The number of hydrogen-bond acceptors (Lipinski definition) is 3. The number of nitrogens with one attached hydrogen (secondary N) is 2. The summed E-state index contributed by atoms with van der Waals surface area (Å²) in [6.45, 7) is 6.42. The minimum atomic E-state index is -0.271. The molecule has 0 spiro atoms. The molecule has 116 valence electrons. The molecule has 2 rings (SSSR count). The highest BCUT2D eigenvalue weighted by Gasteiger charge is 2.38. The summed E-state index contributed by atoms with van der Waals surface area (Å²) in [6, 6.07) is 3.20. The van der Waals surface area contributed by atoms with Gasteiger partial charge in [-0.2, -0.15) is 0 Å². The molecule has 5 nitrogen and oxygen atoms in total. The lowest BCUT2D eigenvalue weighted by atomic mass is 9.74. The number of carbonyl (C=O) groups is 1. The zero-order chi connectivity index (χ0) is 15.3. The summed E-state index contributed by atoms with van der Waals surface area (Å²) in [6.07, 6.45) is 5.39. The van der Waals surface area contributed by atoms with E-state index < -0.39 is 0 Å². The van der Waals surface area contributed by atoms with Crippen molar-refractivity contribution in [2.45, 2.75) is 46.1 Å². The summed E-state index contributed by atoms with van der Waals surface area (Å²) in [5.74, 6) is 0.0900. The Morgan fingerprint density at radius 3 is 2.67 bits per heavy atom. The van der Waals surface area contributed by atoms with Crippen LogP contribution in [-0.2, 0) is 11.3 Å². The maximum absolute atomic E-state index is 12.7. The number of nitrogens with zero attached hydrogens (tertiary/aromatic N) is 1. The smallest absolute Gasteiger partial charge is 0.250 e. The van der Waals surface area contributed by atoms with Crippen molar-refractivity contribution >= 4 is 11.6 Å². The van der Waals surface area contributed by atoms with Crippen LogP contribution in [0.1, 0.15) is 39.5 Å². The van der Waals surface area contributed by atoms with E-state index in [1.54, 1.807) is 16.8 Å². The maximum atomic E-state index is 12.7. The van der Waals surface area contributed by atoms with Crippen LogP contribution < -0.4 is 16.2 Å². The van der Waals surface area contributed by atoms with E-state index in [1.807, 2.05) is 6.92 Å². The molecule has 0 bridgehead atoms. The monoisotopic (exact) mass is 291 g/mol. The Morgan fingerprint density at radius 2 is 2.05 bits per heavy atom. The fourth-order valence-electron chi connectivity index (χ4n) is 3.09. The first-order chi connectivity index (χ1) is 10.1. The van der Waals surface area contributed by atoms with Crippen LogP contribution in [0.25, 0.3) is 0 Å². The molecule has 0 unspecified atom stereocenters. The predicted molar refractivity (Wildman–Crippen MR) is 84.5 cm³/mol. The molecule has 2 N–H and O–H groups in total. The molecule has 1 aromatic rings.